The normalized spacial score (nSPS) is 10.3. The van der Waals surface area contributed by atoms with Crippen LogP contribution in [0.25, 0.3) is 0 Å². The summed E-state index contributed by atoms with van der Waals surface area (Å²) in [6.45, 7) is 0. The van der Waals surface area contributed by atoms with Crippen LogP contribution >= 0.6 is 11.8 Å². The van der Waals surface area contributed by atoms with Gasteiger partial charge in [-0.25, -0.2) is 8.78 Å². The summed E-state index contributed by atoms with van der Waals surface area (Å²) in [6.07, 6.45) is 0.260. The van der Waals surface area contributed by atoms with Crippen LogP contribution in [-0.2, 0) is 4.79 Å². The molecule has 0 aromatic heterocycles. The highest BCUT2D eigenvalue weighted by atomic mass is 32.2. The number of para-hydroxylation sites is 1. The number of anilines is 1. The van der Waals surface area contributed by atoms with Gasteiger partial charge in [0.15, 0.2) is 0 Å². The van der Waals surface area contributed by atoms with Crippen molar-refractivity contribution in [3.05, 3.63) is 60.2 Å². The van der Waals surface area contributed by atoms with Crippen LogP contribution in [0.2, 0.25) is 0 Å². The van der Waals surface area contributed by atoms with Gasteiger partial charge < -0.3 is 5.32 Å². The van der Waals surface area contributed by atoms with Crippen LogP contribution < -0.4 is 5.32 Å². The lowest BCUT2D eigenvalue weighted by Crippen LogP contribution is -2.13. The predicted molar refractivity (Wildman–Crippen MR) is 76.8 cm³/mol. The zero-order chi connectivity index (χ0) is 14.4. The molecule has 0 heterocycles. The van der Waals surface area contributed by atoms with Gasteiger partial charge in [0.25, 0.3) is 0 Å². The molecule has 2 aromatic rings. The summed E-state index contributed by atoms with van der Waals surface area (Å²) in [5.41, 5.74) is 0.185. The fourth-order valence-corrected chi connectivity index (χ4v) is 2.42. The van der Waals surface area contributed by atoms with Crippen LogP contribution in [0.4, 0.5) is 14.5 Å². The number of benzene rings is 2. The van der Waals surface area contributed by atoms with Crippen molar-refractivity contribution in [2.75, 3.05) is 11.1 Å². The molecule has 20 heavy (non-hydrogen) atoms. The number of carbonyl (C=O) groups is 1. The van der Waals surface area contributed by atoms with Gasteiger partial charge in [-0.2, -0.15) is 0 Å². The third-order valence-electron chi connectivity index (χ3n) is 2.56. The molecule has 0 aliphatic heterocycles. The van der Waals surface area contributed by atoms with E-state index in [4.69, 9.17) is 0 Å². The van der Waals surface area contributed by atoms with Crippen molar-refractivity contribution in [3.63, 3.8) is 0 Å². The van der Waals surface area contributed by atoms with Crippen molar-refractivity contribution in [1.82, 2.24) is 0 Å². The number of carbonyl (C=O) groups excluding carboxylic acids is 1. The maximum atomic E-state index is 13.3. The average molecular weight is 293 g/mol. The molecule has 104 valence electrons. The van der Waals surface area contributed by atoms with E-state index in [1.54, 1.807) is 24.3 Å². The van der Waals surface area contributed by atoms with Gasteiger partial charge in [-0.15, -0.1) is 11.8 Å². The Morgan fingerprint density at radius 2 is 1.75 bits per heavy atom. The fourth-order valence-electron chi connectivity index (χ4n) is 1.57. The van der Waals surface area contributed by atoms with E-state index in [9.17, 15) is 13.6 Å². The lowest BCUT2D eigenvalue weighted by atomic mass is 10.3. The van der Waals surface area contributed by atoms with Gasteiger partial charge in [0.2, 0.25) is 5.91 Å². The van der Waals surface area contributed by atoms with E-state index in [1.165, 1.54) is 36.0 Å². The minimum absolute atomic E-state index is 0.185. The molecule has 0 unspecified atom stereocenters. The third kappa shape index (κ3) is 4.35. The zero-order valence-corrected chi connectivity index (χ0v) is 11.4. The topological polar surface area (TPSA) is 29.1 Å². The molecule has 2 rings (SSSR count). The Hall–Kier alpha value is -1.88. The van der Waals surface area contributed by atoms with E-state index < -0.39 is 5.82 Å². The van der Waals surface area contributed by atoms with E-state index in [1.807, 2.05) is 0 Å². The molecule has 2 nitrogen and oxygen atoms in total. The largest absolute Gasteiger partial charge is 0.324 e. The standard InChI is InChI=1S/C15H13F2NOS/c16-11-5-7-12(8-6-11)20-10-9-15(19)18-14-4-2-1-3-13(14)17/h1-8H,9-10H2,(H,18,19). The van der Waals surface area contributed by atoms with Crippen LogP contribution in [0.3, 0.4) is 0 Å². The van der Waals surface area contributed by atoms with Gasteiger partial charge in [-0.3, -0.25) is 4.79 Å². The number of amides is 1. The molecule has 0 saturated heterocycles. The molecule has 0 spiro atoms. The summed E-state index contributed by atoms with van der Waals surface area (Å²) < 4.78 is 26.0. The number of rotatable bonds is 5. The first-order valence-corrected chi connectivity index (χ1v) is 7.06. The molecular formula is C15H13F2NOS. The lowest BCUT2D eigenvalue weighted by molar-refractivity contribution is -0.115. The quantitative estimate of drug-likeness (QED) is 0.841. The average Bonchev–Trinajstić information content (AvgIpc) is 2.44. The molecular weight excluding hydrogens is 280 g/mol. The van der Waals surface area contributed by atoms with Crippen molar-refractivity contribution in [3.8, 4) is 0 Å². The molecule has 1 N–H and O–H groups in total. The van der Waals surface area contributed by atoms with E-state index in [0.717, 1.165) is 4.90 Å². The maximum absolute atomic E-state index is 13.3. The Morgan fingerprint density at radius 1 is 1.05 bits per heavy atom. The van der Waals surface area contributed by atoms with Crippen LogP contribution in [0, 0.1) is 11.6 Å². The highest BCUT2D eigenvalue weighted by Crippen LogP contribution is 2.19. The van der Waals surface area contributed by atoms with E-state index in [0.29, 0.717) is 5.75 Å². The Kier molecular flexibility index (Phi) is 5.12. The van der Waals surface area contributed by atoms with Crippen LogP contribution in [0.15, 0.2) is 53.4 Å². The molecule has 0 atom stereocenters. The highest BCUT2D eigenvalue weighted by Gasteiger charge is 2.06. The smallest absolute Gasteiger partial charge is 0.225 e. The first kappa shape index (κ1) is 14.5. The van der Waals surface area contributed by atoms with E-state index in [-0.39, 0.29) is 23.8 Å². The van der Waals surface area contributed by atoms with Gasteiger partial charge in [0.1, 0.15) is 11.6 Å². The SMILES string of the molecule is O=C(CCSc1ccc(F)cc1)Nc1ccccc1F. The van der Waals surface area contributed by atoms with Crippen LogP contribution in [0.5, 0.6) is 0 Å². The zero-order valence-electron chi connectivity index (χ0n) is 10.6. The molecule has 0 aliphatic rings. The van der Waals surface area contributed by atoms with Gasteiger partial charge in [0, 0.05) is 17.1 Å². The Morgan fingerprint density at radius 3 is 2.45 bits per heavy atom. The summed E-state index contributed by atoms with van der Waals surface area (Å²) in [7, 11) is 0. The molecule has 2 aromatic carbocycles. The molecule has 0 saturated carbocycles. The van der Waals surface area contributed by atoms with Crippen molar-refractivity contribution < 1.29 is 13.6 Å². The molecule has 5 heteroatoms. The van der Waals surface area contributed by atoms with Crippen LogP contribution in [-0.4, -0.2) is 11.7 Å². The number of halogens is 2. The number of nitrogens with one attached hydrogen (secondary N) is 1. The van der Waals surface area contributed by atoms with Crippen molar-refractivity contribution in [2.24, 2.45) is 0 Å². The second kappa shape index (κ2) is 7.05. The van der Waals surface area contributed by atoms with Crippen molar-refractivity contribution in [2.45, 2.75) is 11.3 Å². The first-order valence-electron chi connectivity index (χ1n) is 6.08. The monoisotopic (exact) mass is 293 g/mol. The van der Waals surface area contributed by atoms with Crippen molar-refractivity contribution in [1.29, 1.82) is 0 Å². The fraction of sp³-hybridized carbons (Fsp3) is 0.133. The Labute approximate surface area is 120 Å². The number of hydrogen-bond donors (Lipinski definition) is 1. The summed E-state index contributed by atoms with van der Waals surface area (Å²) >= 11 is 1.45. The molecule has 0 fully saturated rings. The van der Waals surface area contributed by atoms with Crippen molar-refractivity contribution >= 4 is 23.4 Å². The molecule has 1 amide bonds. The summed E-state index contributed by atoms with van der Waals surface area (Å²) in [5.74, 6) is -0.435. The summed E-state index contributed by atoms with van der Waals surface area (Å²) in [5, 5.41) is 2.52. The summed E-state index contributed by atoms with van der Waals surface area (Å²) in [6, 6.07) is 12.1. The second-order valence-corrected chi connectivity index (χ2v) is 5.25. The molecule has 0 aliphatic carbocycles. The van der Waals surface area contributed by atoms with Gasteiger partial charge in [0.05, 0.1) is 5.69 Å². The van der Waals surface area contributed by atoms with E-state index in [2.05, 4.69) is 5.32 Å². The van der Waals surface area contributed by atoms with Gasteiger partial charge in [-0.05, 0) is 36.4 Å². The maximum Gasteiger partial charge on any atom is 0.225 e. The Bertz CT molecular complexity index is 587. The number of thioether (sulfide) groups is 1. The van der Waals surface area contributed by atoms with Gasteiger partial charge >= 0.3 is 0 Å². The molecule has 0 bridgehead atoms. The summed E-state index contributed by atoms with van der Waals surface area (Å²) in [4.78, 5) is 12.6. The minimum Gasteiger partial charge on any atom is -0.324 e. The predicted octanol–water partition coefficient (Wildman–Crippen LogP) is 4.09. The van der Waals surface area contributed by atoms with Crippen LogP contribution in [0.1, 0.15) is 6.42 Å². The number of hydrogen-bond acceptors (Lipinski definition) is 2. The van der Waals surface area contributed by atoms with E-state index >= 15 is 0 Å². The molecule has 0 radical (unpaired) electrons. The Balaban J connectivity index is 1.78. The van der Waals surface area contributed by atoms with Gasteiger partial charge in [-0.1, -0.05) is 12.1 Å². The highest BCUT2D eigenvalue weighted by molar-refractivity contribution is 7.99. The minimum atomic E-state index is -0.452. The second-order valence-electron chi connectivity index (χ2n) is 4.08. The lowest BCUT2D eigenvalue weighted by Gasteiger charge is -2.06. The third-order valence-corrected chi connectivity index (χ3v) is 3.57. The first-order chi connectivity index (χ1) is 9.65.